The number of primary amides is 1. The van der Waals surface area contributed by atoms with Crippen LogP contribution >= 0.6 is 0 Å². The maximum Gasteiger partial charge on any atom is 0.308 e. The lowest BCUT2D eigenvalue weighted by Crippen LogP contribution is -2.44. The number of carboxylic acid groups (broad SMARTS) is 1. The molecule has 1 fully saturated rings. The van der Waals surface area contributed by atoms with E-state index in [9.17, 15) is 14.4 Å². The van der Waals surface area contributed by atoms with Crippen LogP contribution in [0.4, 0.5) is 0 Å². The Kier molecular flexibility index (Phi) is 5.56. The minimum Gasteiger partial charge on any atom is -0.484 e. The van der Waals surface area contributed by atoms with Gasteiger partial charge in [0.15, 0.2) is 6.61 Å². The first-order chi connectivity index (χ1) is 11.0. The van der Waals surface area contributed by atoms with Crippen molar-refractivity contribution in [3.8, 4) is 5.75 Å². The Bertz CT molecular complexity index is 585. The molecule has 0 aliphatic carbocycles. The lowest BCUT2D eigenvalue weighted by Gasteiger charge is -2.30. The van der Waals surface area contributed by atoms with E-state index in [1.807, 2.05) is 0 Å². The highest BCUT2D eigenvalue weighted by molar-refractivity contribution is 5.79. The molecule has 7 nitrogen and oxygen atoms in total. The summed E-state index contributed by atoms with van der Waals surface area (Å²) < 4.78 is 5.42. The summed E-state index contributed by atoms with van der Waals surface area (Å²) in [4.78, 5) is 35.5. The van der Waals surface area contributed by atoms with Crippen LogP contribution < -0.4 is 10.5 Å². The van der Waals surface area contributed by atoms with Crippen molar-refractivity contribution in [2.45, 2.75) is 19.3 Å². The van der Waals surface area contributed by atoms with Gasteiger partial charge in [0.1, 0.15) is 5.75 Å². The van der Waals surface area contributed by atoms with Crippen LogP contribution in [0, 0.1) is 5.92 Å². The molecule has 7 heteroatoms. The molecule has 0 bridgehead atoms. The molecule has 0 saturated carbocycles. The molecule has 0 radical (unpaired) electrons. The fourth-order valence-electron chi connectivity index (χ4n) is 2.55. The summed E-state index contributed by atoms with van der Waals surface area (Å²) in [5.74, 6) is -1.49. The molecule has 124 valence electrons. The van der Waals surface area contributed by atoms with E-state index in [2.05, 4.69) is 0 Å². The van der Waals surface area contributed by atoms with E-state index < -0.39 is 17.8 Å². The molecule has 23 heavy (non-hydrogen) atoms. The Morgan fingerprint density at radius 2 is 1.96 bits per heavy atom. The number of aliphatic carboxylic acids is 1. The summed E-state index contributed by atoms with van der Waals surface area (Å²) in [6.07, 6.45) is 1.44. The minimum absolute atomic E-state index is 0.137. The third-order valence-corrected chi connectivity index (χ3v) is 3.79. The monoisotopic (exact) mass is 320 g/mol. The normalized spacial score (nSPS) is 17.6. The summed E-state index contributed by atoms with van der Waals surface area (Å²) in [5, 5.41) is 9.03. The van der Waals surface area contributed by atoms with Crippen molar-refractivity contribution >= 4 is 17.8 Å². The fourth-order valence-corrected chi connectivity index (χ4v) is 2.55. The first-order valence-electron chi connectivity index (χ1n) is 7.46. The summed E-state index contributed by atoms with van der Waals surface area (Å²) in [5.41, 5.74) is 5.89. The maximum absolute atomic E-state index is 12.1. The molecule has 1 aliphatic heterocycles. The Morgan fingerprint density at radius 1 is 1.26 bits per heavy atom. The average Bonchev–Trinajstić information content (AvgIpc) is 2.53. The summed E-state index contributed by atoms with van der Waals surface area (Å²) in [6, 6.07) is 6.77. The summed E-state index contributed by atoms with van der Waals surface area (Å²) in [6.45, 7) is 0.653. The zero-order valence-corrected chi connectivity index (χ0v) is 12.7. The smallest absolute Gasteiger partial charge is 0.308 e. The van der Waals surface area contributed by atoms with E-state index in [1.165, 1.54) is 4.90 Å². The van der Waals surface area contributed by atoms with Crippen LogP contribution in [0.1, 0.15) is 18.4 Å². The van der Waals surface area contributed by atoms with Gasteiger partial charge in [-0.05, 0) is 30.5 Å². The molecule has 1 aliphatic rings. The highest BCUT2D eigenvalue weighted by Crippen LogP contribution is 2.17. The number of nitrogens with zero attached hydrogens (tertiary/aromatic N) is 1. The zero-order valence-electron chi connectivity index (χ0n) is 12.7. The molecular weight excluding hydrogens is 300 g/mol. The van der Waals surface area contributed by atoms with Crippen molar-refractivity contribution in [3.63, 3.8) is 0 Å². The number of carboxylic acids is 1. The van der Waals surface area contributed by atoms with Crippen molar-refractivity contribution in [2.24, 2.45) is 11.7 Å². The van der Waals surface area contributed by atoms with Crippen molar-refractivity contribution in [1.82, 2.24) is 4.90 Å². The average molecular weight is 320 g/mol. The molecule has 0 spiro atoms. The van der Waals surface area contributed by atoms with Gasteiger partial charge in [-0.15, -0.1) is 0 Å². The lowest BCUT2D eigenvalue weighted by molar-refractivity contribution is -0.146. The number of ether oxygens (including phenoxy) is 1. The number of hydrogen-bond acceptors (Lipinski definition) is 4. The van der Waals surface area contributed by atoms with Crippen molar-refractivity contribution in [1.29, 1.82) is 0 Å². The predicted octanol–water partition coefficient (Wildman–Crippen LogP) is 0.416. The van der Waals surface area contributed by atoms with E-state index in [1.54, 1.807) is 24.3 Å². The number of amides is 2. The molecule has 2 amide bonds. The molecule has 1 aromatic carbocycles. The minimum atomic E-state index is -0.867. The van der Waals surface area contributed by atoms with Gasteiger partial charge < -0.3 is 20.5 Å². The number of carbonyl (C=O) groups is 3. The number of likely N-dealkylation sites (tertiary alicyclic amines) is 1. The SMILES string of the molecule is NC(=O)Cc1ccc(OCC(=O)N2CCCC(C(=O)O)C2)cc1. The lowest BCUT2D eigenvalue weighted by atomic mass is 9.98. The van der Waals surface area contributed by atoms with Gasteiger partial charge in [0.05, 0.1) is 12.3 Å². The fraction of sp³-hybridized carbons (Fsp3) is 0.438. The largest absolute Gasteiger partial charge is 0.484 e. The van der Waals surface area contributed by atoms with E-state index in [0.29, 0.717) is 25.1 Å². The van der Waals surface area contributed by atoms with Crippen molar-refractivity contribution in [2.75, 3.05) is 19.7 Å². The quantitative estimate of drug-likeness (QED) is 0.789. The molecule has 1 saturated heterocycles. The predicted molar refractivity (Wildman–Crippen MR) is 81.8 cm³/mol. The standard InChI is InChI=1S/C16H20N2O5/c17-14(19)8-11-3-5-13(6-4-11)23-10-15(20)18-7-1-2-12(9-18)16(21)22/h3-6,12H,1-2,7-10H2,(H2,17,19)(H,21,22). The van der Waals surface area contributed by atoms with E-state index >= 15 is 0 Å². The van der Waals surface area contributed by atoms with Gasteiger partial charge in [0.2, 0.25) is 5.91 Å². The Morgan fingerprint density at radius 3 is 2.57 bits per heavy atom. The van der Waals surface area contributed by atoms with Gasteiger partial charge in [-0.25, -0.2) is 0 Å². The highest BCUT2D eigenvalue weighted by Gasteiger charge is 2.28. The van der Waals surface area contributed by atoms with Gasteiger partial charge in [0, 0.05) is 13.1 Å². The van der Waals surface area contributed by atoms with Gasteiger partial charge in [-0.3, -0.25) is 14.4 Å². The van der Waals surface area contributed by atoms with Crippen molar-refractivity contribution in [3.05, 3.63) is 29.8 Å². The number of carbonyl (C=O) groups excluding carboxylic acids is 2. The zero-order chi connectivity index (χ0) is 16.8. The van der Waals surface area contributed by atoms with Gasteiger partial charge in [-0.1, -0.05) is 12.1 Å². The third-order valence-electron chi connectivity index (χ3n) is 3.79. The summed E-state index contributed by atoms with van der Waals surface area (Å²) >= 11 is 0. The number of piperidine rings is 1. The number of benzene rings is 1. The van der Waals surface area contributed by atoms with Crippen LogP contribution in [0.3, 0.4) is 0 Å². The molecule has 1 heterocycles. The molecule has 2 rings (SSSR count). The highest BCUT2D eigenvalue weighted by atomic mass is 16.5. The first kappa shape index (κ1) is 16.8. The van der Waals surface area contributed by atoms with E-state index in [0.717, 1.165) is 5.56 Å². The second kappa shape index (κ2) is 7.62. The molecule has 0 aromatic heterocycles. The van der Waals surface area contributed by atoms with Crippen molar-refractivity contribution < 1.29 is 24.2 Å². The molecule has 1 aromatic rings. The Balaban J connectivity index is 1.84. The first-order valence-corrected chi connectivity index (χ1v) is 7.46. The topological polar surface area (TPSA) is 110 Å². The van der Waals surface area contributed by atoms with E-state index in [4.69, 9.17) is 15.6 Å². The second-order valence-corrected chi connectivity index (χ2v) is 5.59. The Hall–Kier alpha value is -2.57. The molecule has 3 N–H and O–H groups in total. The molecule has 1 atom stereocenters. The molecule has 1 unspecified atom stereocenters. The van der Waals surface area contributed by atoms with Crippen LogP contribution in [0.5, 0.6) is 5.75 Å². The number of rotatable bonds is 6. The second-order valence-electron chi connectivity index (χ2n) is 5.59. The van der Waals surface area contributed by atoms with Gasteiger partial charge in [0.25, 0.3) is 5.91 Å². The number of hydrogen-bond donors (Lipinski definition) is 2. The third kappa shape index (κ3) is 4.98. The van der Waals surface area contributed by atoms with Crippen LogP contribution in [-0.4, -0.2) is 47.5 Å². The summed E-state index contributed by atoms with van der Waals surface area (Å²) in [7, 11) is 0. The maximum atomic E-state index is 12.1. The van der Waals surface area contributed by atoms with E-state index in [-0.39, 0.29) is 25.5 Å². The van der Waals surface area contributed by atoms with Gasteiger partial charge in [-0.2, -0.15) is 0 Å². The number of nitrogens with two attached hydrogens (primary N) is 1. The van der Waals surface area contributed by atoms with Crippen LogP contribution in [0.25, 0.3) is 0 Å². The molecular formula is C16H20N2O5. The Labute approximate surface area is 134 Å². The van der Waals surface area contributed by atoms with Gasteiger partial charge >= 0.3 is 5.97 Å². The van der Waals surface area contributed by atoms with Crippen LogP contribution in [0.15, 0.2) is 24.3 Å². The van der Waals surface area contributed by atoms with Crippen LogP contribution in [-0.2, 0) is 20.8 Å². The van der Waals surface area contributed by atoms with Crippen LogP contribution in [0.2, 0.25) is 0 Å².